The molecule has 0 fully saturated rings. The topological polar surface area (TPSA) is 73.8 Å². The first-order chi connectivity index (χ1) is 15.0. The van der Waals surface area contributed by atoms with Crippen molar-refractivity contribution in [1.29, 1.82) is 0 Å². The maximum Gasteiger partial charge on any atom is 0.416 e. The highest BCUT2D eigenvalue weighted by atomic mass is 35.5. The number of hydrogen-bond donors (Lipinski definition) is 4. The summed E-state index contributed by atoms with van der Waals surface area (Å²) in [6, 6.07) is 12.6. The van der Waals surface area contributed by atoms with Gasteiger partial charge in [0.25, 0.3) is 0 Å². The quantitative estimate of drug-likeness (QED) is 0.326. The molecule has 10 heteroatoms. The Hall–Kier alpha value is -1.55. The molecule has 0 spiro atoms. The van der Waals surface area contributed by atoms with Gasteiger partial charge < -0.3 is 25.6 Å². The molecule has 4 N–H and O–H groups in total. The van der Waals surface area contributed by atoms with Crippen molar-refractivity contribution in [2.75, 3.05) is 19.7 Å². The molecular formula is C24H35Cl2F3N2O3. The average molecular weight is 527 g/mol. The molecule has 0 heterocycles. The number of alkyl halides is 3. The Balaban J connectivity index is 0.00000544. The van der Waals surface area contributed by atoms with Crippen LogP contribution in [0.2, 0.25) is 0 Å². The Morgan fingerprint density at radius 1 is 0.912 bits per heavy atom. The first-order valence-electron chi connectivity index (χ1n) is 10.8. The molecular weight excluding hydrogens is 492 g/mol. The minimum Gasteiger partial charge on any atom is -0.491 e. The van der Waals surface area contributed by atoms with Crippen molar-refractivity contribution >= 4 is 24.8 Å². The van der Waals surface area contributed by atoms with E-state index < -0.39 is 23.9 Å². The summed E-state index contributed by atoms with van der Waals surface area (Å²) in [7, 11) is 0. The van der Waals surface area contributed by atoms with E-state index in [2.05, 4.69) is 10.6 Å². The number of rotatable bonds is 12. The maximum absolute atomic E-state index is 12.8. The summed E-state index contributed by atoms with van der Waals surface area (Å²) in [6.07, 6.45) is -5.39. The molecule has 0 aliphatic heterocycles. The zero-order chi connectivity index (χ0) is 23.7. The molecule has 3 unspecified atom stereocenters. The average Bonchev–Trinajstić information content (AvgIpc) is 2.75. The van der Waals surface area contributed by atoms with Crippen molar-refractivity contribution in [3.05, 3.63) is 65.2 Å². The molecule has 2 aromatic rings. The van der Waals surface area contributed by atoms with Gasteiger partial charge in [-0.05, 0) is 48.7 Å². The number of aliphatic hydroxyl groups excluding tert-OH is 2. The highest BCUT2D eigenvalue weighted by molar-refractivity contribution is 5.85. The number of nitrogens with one attached hydrogen (secondary N) is 2. The first kappa shape index (κ1) is 32.5. The summed E-state index contributed by atoms with van der Waals surface area (Å²) in [6.45, 7) is 6.77. The van der Waals surface area contributed by atoms with Crippen LogP contribution in [-0.2, 0) is 12.6 Å². The Kier molecular flexibility index (Phi) is 14.7. The number of ether oxygens (including phenoxy) is 1. The van der Waals surface area contributed by atoms with Gasteiger partial charge in [-0.25, -0.2) is 0 Å². The third kappa shape index (κ3) is 11.7. The number of halogens is 5. The van der Waals surface area contributed by atoms with E-state index in [-0.39, 0.29) is 49.6 Å². The van der Waals surface area contributed by atoms with Crippen molar-refractivity contribution < 1.29 is 28.1 Å². The fraction of sp³-hybridized carbons (Fsp3) is 0.500. The summed E-state index contributed by atoms with van der Waals surface area (Å²) in [5.41, 5.74) is 0.507. The fourth-order valence-corrected chi connectivity index (χ4v) is 3.12. The van der Waals surface area contributed by atoms with E-state index in [1.54, 1.807) is 0 Å². The van der Waals surface area contributed by atoms with Gasteiger partial charge in [-0.3, -0.25) is 0 Å². The standard InChI is InChI=1S/C24H33F3N2O3.2ClH/c1-16(2)28-13-21(30)15-32-22-9-7-18(8-10-22)11-17(3)29-14-23(31)19-5-4-6-20(12-19)24(25,26)27;;/h4-10,12,16-17,21,23,28-31H,11,13-15H2,1-3H3;2*1H. The highest BCUT2D eigenvalue weighted by Gasteiger charge is 2.30. The molecule has 34 heavy (non-hydrogen) atoms. The summed E-state index contributed by atoms with van der Waals surface area (Å²) in [5, 5.41) is 26.5. The van der Waals surface area contributed by atoms with Gasteiger partial charge in [0, 0.05) is 25.2 Å². The highest BCUT2D eigenvalue weighted by Crippen LogP contribution is 2.30. The Bertz CT molecular complexity index is 824. The molecule has 2 rings (SSSR count). The molecule has 0 saturated carbocycles. The zero-order valence-corrected chi connectivity index (χ0v) is 21.1. The van der Waals surface area contributed by atoms with Crippen LogP contribution >= 0.6 is 24.8 Å². The molecule has 5 nitrogen and oxygen atoms in total. The van der Waals surface area contributed by atoms with Gasteiger partial charge in [-0.2, -0.15) is 13.2 Å². The molecule has 3 atom stereocenters. The third-order valence-electron chi connectivity index (χ3n) is 4.93. The van der Waals surface area contributed by atoms with Crippen LogP contribution in [0.15, 0.2) is 48.5 Å². The van der Waals surface area contributed by atoms with Crippen LogP contribution in [0.3, 0.4) is 0 Å². The lowest BCUT2D eigenvalue weighted by Gasteiger charge is -2.19. The van der Waals surface area contributed by atoms with Crippen molar-refractivity contribution in [2.45, 2.75) is 57.7 Å². The predicted octanol–water partition coefficient (Wildman–Crippen LogP) is 4.54. The summed E-state index contributed by atoms with van der Waals surface area (Å²) in [5.74, 6) is 0.665. The first-order valence-corrected chi connectivity index (χ1v) is 10.8. The second-order valence-electron chi connectivity index (χ2n) is 8.32. The fourth-order valence-electron chi connectivity index (χ4n) is 3.12. The van der Waals surface area contributed by atoms with E-state index in [4.69, 9.17) is 4.74 Å². The number of benzene rings is 2. The van der Waals surface area contributed by atoms with Crippen LogP contribution in [0.5, 0.6) is 5.75 Å². The van der Waals surface area contributed by atoms with Crippen molar-refractivity contribution in [3.8, 4) is 5.75 Å². The smallest absolute Gasteiger partial charge is 0.416 e. The molecule has 194 valence electrons. The van der Waals surface area contributed by atoms with E-state index in [0.29, 0.717) is 24.8 Å². The third-order valence-corrected chi connectivity index (χ3v) is 4.93. The normalized spacial score (nSPS) is 14.0. The van der Waals surface area contributed by atoms with Gasteiger partial charge in [-0.15, -0.1) is 24.8 Å². The molecule has 0 bridgehead atoms. The van der Waals surface area contributed by atoms with Crippen molar-refractivity contribution in [2.24, 2.45) is 0 Å². The van der Waals surface area contributed by atoms with Gasteiger partial charge in [0.1, 0.15) is 18.5 Å². The van der Waals surface area contributed by atoms with Gasteiger partial charge in [0.05, 0.1) is 11.7 Å². The van der Waals surface area contributed by atoms with E-state index in [1.807, 2.05) is 45.0 Å². The molecule has 2 aromatic carbocycles. The molecule has 0 aliphatic rings. The van der Waals surface area contributed by atoms with E-state index >= 15 is 0 Å². The molecule has 0 radical (unpaired) electrons. The zero-order valence-electron chi connectivity index (χ0n) is 19.5. The lowest BCUT2D eigenvalue weighted by Crippen LogP contribution is -2.35. The van der Waals surface area contributed by atoms with Crippen LogP contribution in [0.1, 0.15) is 43.6 Å². The van der Waals surface area contributed by atoms with E-state index in [0.717, 1.165) is 17.7 Å². The van der Waals surface area contributed by atoms with Crippen molar-refractivity contribution in [1.82, 2.24) is 10.6 Å². The molecule has 0 aliphatic carbocycles. The van der Waals surface area contributed by atoms with Crippen LogP contribution < -0.4 is 15.4 Å². The van der Waals surface area contributed by atoms with Crippen LogP contribution in [0.4, 0.5) is 13.2 Å². The van der Waals surface area contributed by atoms with Gasteiger partial charge in [-0.1, -0.05) is 38.1 Å². The largest absolute Gasteiger partial charge is 0.491 e. The Morgan fingerprint density at radius 3 is 2.15 bits per heavy atom. The second-order valence-corrected chi connectivity index (χ2v) is 8.32. The number of aliphatic hydroxyl groups is 2. The number of hydrogen-bond acceptors (Lipinski definition) is 5. The SMILES string of the molecule is CC(C)NCC(O)COc1ccc(CC(C)NCC(O)c2cccc(C(F)(F)F)c2)cc1.Cl.Cl. The minimum atomic E-state index is -4.44. The summed E-state index contributed by atoms with van der Waals surface area (Å²) >= 11 is 0. The maximum atomic E-state index is 12.8. The van der Waals surface area contributed by atoms with E-state index in [9.17, 15) is 23.4 Å². The Labute approximate surface area is 211 Å². The lowest BCUT2D eigenvalue weighted by atomic mass is 10.0. The summed E-state index contributed by atoms with van der Waals surface area (Å²) < 4.78 is 44.1. The molecule has 0 amide bonds. The molecule has 0 aromatic heterocycles. The second kappa shape index (κ2) is 15.4. The van der Waals surface area contributed by atoms with Crippen LogP contribution in [0.25, 0.3) is 0 Å². The summed E-state index contributed by atoms with van der Waals surface area (Å²) in [4.78, 5) is 0. The Morgan fingerprint density at radius 2 is 1.56 bits per heavy atom. The monoisotopic (exact) mass is 526 g/mol. The van der Waals surface area contributed by atoms with E-state index in [1.165, 1.54) is 12.1 Å². The minimum absolute atomic E-state index is 0. The van der Waals surface area contributed by atoms with Gasteiger partial charge >= 0.3 is 6.18 Å². The van der Waals surface area contributed by atoms with Crippen LogP contribution in [-0.4, -0.2) is 48.1 Å². The lowest BCUT2D eigenvalue weighted by molar-refractivity contribution is -0.137. The van der Waals surface area contributed by atoms with Crippen molar-refractivity contribution in [3.63, 3.8) is 0 Å². The van der Waals surface area contributed by atoms with Crippen LogP contribution in [0, 0.1) is 0 Å². The molecule has 0 saturated heterocycles. The van der Waals surface area contributed by atoms with Gasteiger partial charge in [0.2, 0.25) is 0 Å². The van der Waals surface area contributed by atoms with Gasteiger partial charge in [0.15, 0.2) is 0 Å². The predicted molar refractivity (Wildman–Crippen MR) is 133 cm³/mol.